The average Bonchev–Trinajstić information content (AvgIpc) is 2.08. The molecule has 1 heterocycles. The third kappa shape index (κ3) is 2.36. The molecule has 1 aromatic heterocycles. The Morgan fingerprint density at radius 3 is 2.77 bits per heavy atom. The van der Waals surface area contributed by atoms with E-state index in [0.717, 1.165) is 11.3 Å². The highest BCUT2D eigenvalue weighted by Crippen LogP contribution is 2.07. The summed E-state index contributed by atoms with van der Waals surface area (Å²) in [7, 11) is 1.61. The van der Waals surface area contributed by atoms with Crippen molar-refractivity contribution in [2.24, 2.45) is 0 Å². The number of carbonyl (C=O) groups excluding carboxylic acids is 1. The smallest absolute Gasteiger partial charge is 0.178 e. The SMILES string of the molecule is COCc1nc(C(C)=O)ccc1C. The van der Waals surface area contributed by atoms with Crippen LogP contribution in [0.2, 0.25) is 0 Å². The molecule has 0 radical (unpaired) electrons. The molecule has 3 heteroatoms. The van der Waals surface area contributed by atoms with Crippen molar-refractivity contribution in [3.8, 4) is 0 Å². The van der Waals surface area contributed by atoms with E-state index in [9.17, 15) is 4.79 Å². The summed E-state index contributed by atoms with van der Waals surface area (Å²) < 4.78 is 4.97. The second kappa shape index (κ2) is 4.14. The normalized spacial score (nSPS) is 10.1. The number of rotatable bonds is 3. The number of aromatic nitrogens is 1. The van der Waals surface area contributed by atoms with E-state index >= 15 is 0 Å². The molecular formula is C10H13NO2. The number of methoxy groups -OCH3 is 1. The van der Waals surface area contributed by atoms with Crippen LogP contribution in [-0.2, 0) is 11.3 Å². The van der Waals surface area contributed by atoms with Crippen molar-refractivity contribution >= 4 is 5.78 Å². The molecule has 70 valence electrons. The van der Waals surface area contributed by atoms with E-state index in [1.807, 2.05) is 13.0 Å². The summed E-state index contributed by atoms with van der Waals surface area (Å²) in [6, 6.07) is 3.62. The van der Waals surface area contributed by atoms with E-state index in [1.165, 1.54) is 6.92 Å². The maximum absolute atomic E-state index is 11.0. The zero-order valence-electron chi connectivity index (χ0n) is 8.13. The van der Waals surface area contributed by atoms with Gasteiger partial charge in [0, 0.05) is 14.0 Å². The molecule has 0 unspecified atom stereocenters. The predicted molar refractivity (Wildman–Crippen MR) is 49.7 cm³/mol. The van der Waals surface area contributed by atoms with Crippen LogP contribution in [-0.4, -0.2) is 17.9 Å². The fourth-order valence-corrected chi connectivity index (χ4v) is 1.05. The molecule has 0 atom stereocenters. The molecule has 0 aliphatic carbocycles. The molecule has 0 fully saturated rings. The van der Waals surface area contributed by atoms with E-state index in [1.54, 1.807) is 13.2 Å². The Kier molecular flexibility index (Phi) is 3.14. The van der Waals surface area contributed by atoms with E-state index < -0.39 is 0 Å². The highest BCUT2D eigenvalue weighted by Gasteiger charge is 2.04. The molecule has 1 aromatic rings. The molecule has 0 aromatic carbocycles. The van der Waals surface area contributed by atoms with Gasteiger partial charge in [-0.25, -0.2) is 4.98 Å². The van der Waals surface area contributed by atoms with Crippen LogP contribution in [0, 0.1) is 6.92 Å². The van der Waals surface area contributed by atoms with Gasteiger partial charge in [-0.15, -0.1) is 0 Å². The molecule has 1 rings (SSSR count). The van der Waals surface area contributed by atoms with Crippen LogP contribution in [0.4, 0.5) is 0 Å². The van der Waals surface area contributed by atoms with Crippen molar-refractivity contribution in [3.05, 3.63) is 29.1 Å². The first-order valence-electron chi connectivity index (χ1n) is 4.11. The Bertz CT molecular complexity index is 321. The highest BCUT2D eigenvalue weighted by atomic mass is 16.5. The summed E-state index contributed by atoms with van der Waals surface area (Å²) in [5, 5.41) is 0. The predicted octanol–water partition coefficient (Wildman–Crippen LogP) is 1.74. The lowest BCUT2D eigenvalue weighted by Crippen LogP contribution is -2.03. The number of carbonyl (C=O) groups is 1. The monoisotopic (exact) mass is 179 g/mol. The van der Waals surface area contributed by atoms with Gasteiger partial charge in [0.25, 0.3) is 0 Å². The summed E-state index contributed by atoms with van der Waals surface area (Å²) in [6.45, 7) is 3.91. The molecule has 0 amide bonds. The van der Waals surface area contributed by atoms with Gasteiger partial charge in [0.2, 0.25) is 0 Å². The van der Waals surface area contributed by atoms with Crippen molar-refractivity contribution in [2.75, 3.05) is 7.11 Å². The van der Waals surface area contributed by atoms with Crippen LogP contribution >= 0.6 is 0 Å². The summed E-state index contributed by atoms with van der Waals surface area (Å²) in [5.41, 5.74) is 2.37. The summed E-state index contributed by atoms with van der Waals surface area (Å²) in [5.74, 6) is -0.0163. The van der Waals surface area contributed by atoms with Gasteiger partial charge in [0.1, 0.15) is 5.69 Å². The Balaban J connectivity index is 3.03. The lowest BCUT2D eigenvalue weighted by molar-refractivity contribution is 0.101. The summed E-state index contributed by atoms with van der Waals surface area (Å²) in [6.07, 6.45) is 0. The molecule has 0 aliphatic heterocycles. The Morgan fingerprint density at radius 2 is 2.23 bits per heavy atom. The topological polar surface area (TPSA) is 39.2 Å². The standard InChI is InChI=1S/C10H13NO2/c1-7-4-5-9(8(2)12)11-10(7)6-13-3/h4-5H,6H2,1-3H3. The lowest BCUT2D eigenvalue weighted by Gasteiger charge is -2.04. The Morgan fingerprint density at radius 1 is 1.54 bits per heavy atom. The van der Waals surface area contributed by atoms with Crippen LogP contribution in [0.1, 0.15) is 28.7 Å². The maximum Gasteiger partial charge on any atom is 0.178 e. The second-order valence-corrected chi connectivity index (χ2v) is 2.95. The maximum atomic E-state index is 11.0. The third-order valence-corrected chi connectivity index (χ3v) is 1.84. The average molecular weight is 179 g/mol. The number of hydrogen-bond donors (Lipinski definition) is 0. The van der Waals surface area contributed by atoms with Gasteiger partial charge in [-0.1, -0.05) is 6.07 Å². The van der Waals surface area contributed by atoms with Crippen molar-refractivity contribution < 1.29 is 9.53 Å². The molecule has 0 aliphatic rings. The minimum absolute atomic E-state index is 0.0163. The van der Waals surface area contributed by atoms with Gasteiger partial charge < -0.3 is 4.74 Å². The molecule has 0 bridgehead atoms. The van der Waals surface area contributed by atoms with Crippen molar-refractivity contribution in [3.63, 3.8) is 0 Å². The van der Waals surface area contributed by atoms with Gasteiger partial charge in [0.05, 0.1) is 12.3 Å². The van der Waals surface area contributed by atoms with Crippen molar-refractivity contribution in [1.29, 1.82) is 0 Å². The molecule has 0 saturated carbocycles. The number of ketones is 1. The molecule has 0 N–H and O–H groups in total. The van der Waals surface area contributed by atoms with Crippen LogP contribution < -0.4 is 0 Å². The van der Waals surface area contributed by atoms with Crippen LogP contribution in [0.3, 0.4) is 0 Å². The molecule has 3 nitrogen and oxygen atoms in total. The number of nitrogens with zero attached hydrogens (tertiary/aromatic N) is 1. The minimum atomic E-state index is -0.0163. The molecular weight excluding hydrogens is 166 g/mol. The first-order valence-corrected chi connectivity index (χ1v) is 4.11. The third-order valence-electron chi connectivity index (χ3n) is 1.84. The Labute approximate surface area is 77.8 Å². The fourth-order valence-electron chi connectivity index (χ4n) is 1.05. The first-order chi connectivity index (χ1) is 6.15. The van der Waals surface area contributed by atoms with E-state index in [-0.39, 0.29) is 5.78 Å². The number of ether oxygens (including phenoxy) is 1. The van der Waals surface area contributed by atoms with E-state index in [4.69, 9.17) is 4.74 Å². The van der Waals surface area contributed by atoms with Crippen LogP contribution in [0.15, 0.2) is 12.1 Å². The first kappa shape index (κ1) is 9.86. The van der Waals surface area contributed by atoms with Gasteiger partial charge >= 0.3 is 0 Å². The summed E-state index contributed by atoms with van der Waals surface area (Å²) >= 11 is 0. The second-order valence-electron chi connectivity index (χ2n) is 2.95. The number of aryl methyl sites for hydroxylation is 1. The lowest BCUT2D eigenvalue weighted by atomic mass is 10.2. The zero-order valence-corrected chi connectivity index (χ0v) is 8.13. The molecule has 0 saturated heterocycles. The van der Waals surface area contributed by atoms with E-state index in [0.29, 0.717) is 12.3 Å². The minimum Gasteiger partial charge on any atom is -0.378 e. The largest absolute Gasteiger partial charge is 0.378 e. The van der Waals surface area contributed by atoms with Crippen molar-refractivity contribution in [2.45, 2.75) is 20.5 Å². The van der Waals surface area contributed by atoms with E-state index in [2.05, 4.69) is 4.98 Å². The molecule has 0 spiro atoms. The van der Waals surface area contributed by atoms with Crippen LogP contribution in [0.5, 0.6) is 0 Å². The zero-order chi connectivity index (χ0) is 9.84. The number of pyridine rings is 1. The summed E-state index contributed by atoms with van der Waals surface area (Å²) in [4.78, 5) is 15.2. The number of Topliss-reactive ketones (excluding diaryl/α,β-unsaturated/α-hetero) is 1. The van der Waals surface area contributed by atoms with Crippen molar-refractivity contribution in [1.82, 2.24) is 4.98 Å². The van der Waals surface area contributed by atoms with Crippen LogP contribution in [0.25, 0.3) is 0 Å². The van der Waals surface area contributed by atoms with Gasteiger partial charge in [0.15, 0.2) is 5.78 Å². The quantitative estimate of drug-likeness (QED) is 0.663. The van der Waals surface area contributed by atoms with Gasteiger partial charge in [-0.3, -0.25) is 4.79 Å². The highest BCUT2D eigenvalue weighted by molar-refractivity contribution is 5.92. The van der Waals surface area contributed by atoms with Gasteiger partial charge in [-0.05, 0) is 18.6 Å². The number of hydrogen-bond acceptors (Lipinski definition) is 3. The molecule has 13 heavy (non-hydrogen) atoms. The Hall–Kier alpha value is -1.22. The fraction of sp³-hybridized carbons (Fsp3) is 0.400. The van der Waals surface area contributed by atoms with Gasteiger partial charge in [-0.2, -0.15) is 0 Å².